The highest BCUT2D eigenvalue weighted by Crippen LogP contribution is 2.43. The summed E-state index contributed by atoms with van der Waals surface area (Å²) in [6, 6.07) is 4.07. The molecule has 0 radical (unpaired) electrons. The van der Waals surface area contributed by atoms with E-state index in [-0.39, 0.29) is 5.60 Å². The minimum atomic E-state index is -0.224. The van der Waals surface area contributed by atoms with Crippen molar-refractivity contribution in [2.24, 2.45) is 0 Å². The Kier molecular flexibility index (Phi) is 2.33. The topological polar surface area (TPSA) is 37.4 Å². The van der Waals surface area contributed by atoms with Crippen molar-refractivity contribution in [3.8, 4) is 0 Å². The van der Waals surface area contributed by atoms with Gasteiger partial charge in [0.15, 0.2) is 5.88 Å². The average Bonchev–Trinajstić information content (AvgIpc) is 2.33. The van der Waals surface area contributed by atoms with Crippen LogP contribution in [0, 0.1) is 0 Å². The third-order valence-electron chi connectivity index (χ3n) is 3.67. The summed E-state index contributed by atoms with van der Waals surface area (Å²) in [5, 5.41) is 3.10. The minimum Gasteiger partial charge on any atom is -0.468 e. The molecule has 0 aliphatic carbocycles. The number of nitrogens with one attached hydrogen (secondary N) is 1. The maximum absolute atomic E-state index is 6.02. The van der Waals surface area contributed by atoms with Crippen molar-refractivity contribution in [2.75, 3.05) is 25.5 Å². The number of anilines is 1. The van der Waals surface area contributed by atoms with E-state index in [1.54, 1.807) is 6.20 Å². The maximum Gasteiger partial charge on any atom is 0.185 e. The molecule has 2 aliphatic rings. The lowest BCUT2D eigenvalue weighted by Gasteiger charge is -2.44. The highest BCUT2D eigenvalue weighted by molar-refractivity contribution is 5.53. The van der Waals surface area contributed by atoms with Gasteiger partial charge in [-0.1, -0.05) is 0 Å². The third-order valence-corrected chi connectivity index (χ3v) is 3.67. The molecule has 3 rings (SSSR count). The molecular formula is C13H17N3O. The normalized spacial score (nSPS) is 22.8. The molecule has 0 atom stereocenters. The lowest BCUT2D eigenvalue weighted by molar-refractivity contribution is -0.0510. The van der Waals surface area contributed by atoms with Crippen LogP contribution in [-0.2, 0) is 10.3 Å². The Morgan fingerprint density at radius 2 is 2.24 bits per heavy atom. The molecule has 0 unspecified atom stereocenters. The summed E-state index contributed by atoms with van der Waals surface area (Å²) in [4.78, 5) is 6.70. The first-order valence-corrected chi connectivity index (χ1v) is 5.99. The molecule has 1 saturated heterocycles. The van der Waals surface area contributed by atoms with Gasteiger partial charge in [-0.2, -0.15) is 0 Å². The average molecular weight is 231 g/mol. The fourth-order valence-corrected chi connectivity index (χ4v) is 2.67. The van der Waals surface area contributed by atoms with Gasteiger partial charge >= 0.3 is 0 Å². The van der Waals surface area contributed by atoms with Crippen molar-refractivity contribution in [1.82, 2.24) is 9.88 Å². The van der Waals surface area contributed by atoms with Crippen LogP contribution < -0.4 is 5.32 Å². The summed E-state index contributed by atoms with van der Waals surface area (Å²) >= 11 is 0. The van der Waals surface area contributed by atoms with Gasteiger partial charge in [0.1, 0.15) is 11.4 Å². The van der Waals surface area contributed by atoms with Crippen LogP contribution >= 0.6 is 0 Å². The SMILES string of the molecule is C=C1Nc2ncccc2C2(CCN(C)CC2)O1. The van der Waals surface area contributed by atoms with Crippen LogP contribution in [0.1, 0.15) is 18.4 Å². The first kappa shape index (κ1) is 10.6. The van der Waals surface area contributed by atoms with Gasteiger partial charge < -0.3 is 15.0 Å². The van der Waals surface area contributed by atoms with Gasteiger partial charge in [0, 0.05) is 37.7 Å². The molecule has 90 valence electrons. The van der Waals surface area contributed by atoms with Crippen LogP contribution in [0.15, 0.2) is 30.8 Å². The van der Waals surface area contributed by atoms with E-state index in [2.05, 4.69) is 34.9 Å². The lowest BCUT2D eigenvalue weighted by Crippen LogP contribution is -2.45. The fourth-order valence-electron chi connectivity index (χ4n) is 2.67. The maximum atomic E-state index is 6.02. The zero-order chi connectivity index (χ0) is 11.9. The van der Waals surface area contributed by atoms with Crippen LogP contribution in [0.3, 0.4) is 0 Å². The smallest absolute Gasteiger partial charge is 0.185 e. The highest BCUT2D eigenvalue weighted by Gasteiger charge is 2.42. The molecule has 0 bridgehead atoms. The van der Waals surface area contributed by atoms with Gasteiger partial charge in [0.05, 0.1) is 0 Å². The molecule has 1 spiro atoms. The Balaban J connectivity index is 2.02. The largest absolute Gasteiger partial charge is 0.468 e. The Morgan fingerprint density at radius 3 is 3.00 bits per heavy atom. The van der Waals surface area contributed by atoms with Crippen LogP contribution in [0.25, 0.3) is 0 Å². The number of fused-ring (bicyclic) bond motifs is 2. The number of hydrogen-bond donors (Lipinski definition) is 1. The number of ether oxygens (including phenoxy) is 1. The van der Waals surface area contributed by atoms with Crippen molar-refractivity contribution >= 4 is 5.82 Å². The molecule has 1 aromatic heterocycles. The Bertz CT molecular complexity index is 450. The summed E-state index contributed by atoms with van der Waals surface area (Å²) in [5.41, 5.74) is 0.943. The van der Waals surface area contributed by atoms with Crippen molar-refractivity contribution in [2.45, 2.75) is 18.4 Å². The highest BCUT2D eigenvalue weighted by atomic mass is 16.5. The second kappa shape index (κ2) is 3.74. The Hall–Kier alpha value is -1.55. The second-order valence-corrected chi connectivity index (χ2v) is 4.85. The Labute approximate surface area is 101 Å². The summed E-state index contributed by atoms with van der Waals surface area (Å²) in [5.74, 6) is 1.51. The van der Waals surface area contributed by atoms with Crippen molar-refractivity contribution < 1.29 is 4.74 Å². The van der Waals surface area contributed by atoms with Crippen LogP contribution in [-0.4, -0.2) is 30.0 Å². The molecule has 0 saturated carbocycles. The van der Waals surface area contributed by atoms with Crippen LogP contribution in [0.2, 0.25) is 0 Å². The van der Waals surface area contributed by atoms with E-state index in [0.29, 0.717) is 5.88 Å². The molecule has 1 aromatic rings. The molecule has 3 heterocycles. The standard InChI is InChI=1S/C13H17N3O/c1-10-15-12-11(4-3-7-14-12)13(17-10)5-8-16(2)9-6-13/h3-4,7H,1,5-6,8-9H2,2H3,(H,14,15). The minimum absolute atomic E-state index is 0.224. The predicted octanol–water partition coefficient (Wildman–Crippen LogP) is 1.92. The van der Waals surface area contributed by atoms with E-state index < -0.39 is 0 Å². The van der Waals surface area contributed by atoms with Gasteiger partial charge in [-0.15, -0.1) is 0 Å². The third kappa shape index (κ3) is 1.69. The van der Waals surface area contributed by atoms with E-state index in [4.69, 9.17) is 4.74 Å². The van der Waals surface area contributed by atoms with Crippen molar-refractivity contribution in [1.29, 1.82) is 0 Å². The zero-order valence-electron chi connectivity index (χ0n) is 10.1. The molecule has 4 nitrogen and oxygen atoms in total. The van der Waals surface area contributed by atoms with E-state index in [1.807, 2.05) is 6.07 Å². The monoisotopic (exact) mass is 231 g/mol. The van der Waals surface area contributed by atoms with Crippen molar-refractivity contribution in [3.63, 3.8) is 0 Å². The molecule has 2 aliphatic heterocycles. The van der Waals surface area contributed by atoms with Gasteiger partial charge in [-0.3, -0.25) is 0 Å². The van der Waals surface area contributed by atoms with Crippen LogP contribution in [0.4, 0.5) is 5.82 Å². The number of piperidine rings is 1. The van der Waals surface area contributed by atoms with Crippen molar-refractivity contribution in [3.05, 3.63) is 36.4 Å². The number of aromatic nitrogens is 1. The number of nitrogens with zero attached hydrogens (tertiary/aromatic N) is 2. The Morgan fingerprint density at radius 1 is 1.47 bits per heavy atom. The molecule has 4 heteroatoms. The van der Waals surface area contributed by atoms with Crippen LogP contribution in [0.5, 0.6) is 0 Å². The fraction of sp³-hybridized carbons (Fsp3) is 0.462. The van der Waals surface area contributed by atoms with Gasteiger partial charge in [-0.05, 0) is 25.8 Å². The van der Waals surface area contributed by atoms with E-state index in [9.17, 15) is 0 Å². The number of pyridine rings is 1. The molecular weight excluding hydrogens is 214 g/mol. The first-order valence-electron chi connectivity index (χ1n) is 5.99. The molecule has 17 heavy (non-hydrogen) atoms. The zero-order valence-corrected chi connectivity index (χ0v) is 10.1. The molecule has 1 N–H and O–H groups in total. The second-order valence-electron chi connectivity index (χ2n) is 4.85. The number of rotatable bonds is 0. The van der Waals surface area contributed by atoms with E-state index >= 15 is 0 Å². The summed E-state index contributed by atoms with van der Waals surface area (Å²) in [6.45, 7) is 5.98. The number of likely N-dealkylation sites (tertiary alicyclic amines) is 1. The molecule has 0 amide bonds. The summed E-state index contributed by atoms with van der Waals surface area (Å²) < 4.78 is 6.02. The van der Waals surface area contributed by atoms with E-state index in [0.717, 1.165) is 31.7 Å². The van der Waals surface area contributed by atoms with Gasteiger partial charge in [0.25, 0.3) is 0 Å². The quantitative estimate of drug-likeness (QED) is 0.740. The number of hydrogen-bond acceptors (Lipinski definition) is 4. The van der Waals surface area contributed by atoms with Gasteiger partial charge in [0.2, 0.25) is 0 Å². The molecule has 1 fully saturated rings. The first-order chi connectivity index (χ1) is 8.20. The lowest BCUT2D eigenvalue weighted by atomic mass is 9.83. The summed E-state index contributed by atoms with van der Waals surface area (Å²) in [6.07, 6.45) is 3.78. The van der Waals surface area contributed by atoms with Gasteiger partial charge in [-0.25, -0.2) is 4.98 Å². The predicted molar refractivity (Wildman–Crippen MR) is 66.5 cm³/mol. The molecule has 0 aromatic carbocycles. The summed E-state index contributed by atoms with van der Waals surface area (Å²) in [7, 11) is 2.15. The van der Waals surface area contributed by atoms with E-state index in [1.165, 1.54) is 5.56 Å².